The van der Waals surface area contributed by atoms with E-state index >= 15 is 0 Å². The Bertz CT molecular complexity index is 4140. The van der Waals surface area contributed by atoms with Gasteiger partial charge in [-0.2, -0.15) is 0 Å². The minimum Gasteiger partial charge on any atom is -0.355 e. The molecule has 2 nitrogen and oxygen atoms in total. The number of rotatable bonds is 5. The zero-order chi connectivity index (χ0) is 47.0. The summed E-state index contributed by atoms with van der Waals surface area (Å²) in [6.45, 7) is 12.2. The van der Waals surface area contributed by atoms with Crippen LogP contribution in [-0.2, 0) is 10.8 Å². The molecule has 10 aromatic carbocycles. The zero-order valence-electron chi connectivity index (χ0n) is 40.2. The summed E-state index contributed by atoms with van der Waals surface area (Å²) < 4.78 is 5.26. The Balaban J connectivity index is 1.11. The van der Waals surface area contributed by atoms with E-state index in [-0.39, 0.29) is 10.8 Å². The molecule has 336 valence electrons. The van der Waals surface area contributed by atoms with Gasteiger partial charge in [-0.15, -0.1) is 22.7 Å². The van der Waals surface area contributed by atoms with Crippen LogP contribution < -0.4 is 21.1 Å². The first kappa shape index (κ1) is 41.8. The lowest BCUT2D eigenvalue weighted by Gasteiger charge is -2.44. The third-order valence-electron chi connectivity index (χ3n) is 16.0. The fourth-order valence-electron chi connectivity index (χ4n) is 12.1. The second-order valence-electron chi connectivity index (χ2n) is 21.2. The zero-order valence-corrected chi connectivity index (χ0v) is 41.8. The van der Waals surface area contributed by atoms with Crippen molar-refractivity contribution < 1.29 is 0 Å². The van der Waals surface area contributed by atoms with Crippen LogP contribution >= 0.6 is 22.7 Å². The van der Waals surface area contributed by atoms with Crippen molar-refractivity contribution >= 4 is 131 Å². The molecule has 2 aromatic heterocycles. The highest BCUT2D eigenvalue weighted by atomic mass is 32.1. The standard InChI is InChI=1S/C65H51BN2S2/c1-38-31-50-51(65(4,5)30-29-64(50,2)3)37-54(38)68-55-34-43-19-11-10-18-42(43)33-52(55)66-61-49(36-47-46-21-13-14-22-56(46)70-63(47)62(61)68)59-53(67-45-25-23-40(24-26-45)39-15-7-6-8-16-39)27-28-57-60(59)48-32-41-17-9-12-20-44(41)35-58(48)69-57/h6-28,31-37,66-67H,29-30H2,1-5H3. The average Bonchev–Trinajstić information content (AvgIpc) is 3.94. The normalized spacial score (nSPS) is 14.8. The van der Waals surface area contributed by atoms with Crippen molar-refractivity contribution in [3.05, 3.63) is 199 Å². The van der Waals surface area contributed by atoms with Crippen LogP contribution in [0, 0.1) is 6.92 Å². The maximum absolute atomic E-state index is 4.06. The third-order valence-corrected chi connectivity index (χ3v) is 18.3. The monoisotopic (exact) mass is 934 g/mol. The molecule has 1 aliphatic carbocycles. The van der Waals surface area contributed by atoms with E-state index < -0.39 is 0 Å². The van der Waals surface area contributed by atoms with Gasteiger partial charge >= 0.3 is 0 Å². The van der Waals surface area contributed by atoms with E-state index in [4.69, 9.17) is 0 Å². The number of fused-ring (bicyclic) bond motifs is 12. The minimum absolute atomic E-state index is 0.0482. The first-order valence-corrected chi connectivity index (χ1v) is 26.5. The summed E-state index contributed by atoms with van der Waals surface area (Å²) in [7, 11) is 0.806. The summed E-state index contributed by atoms with van der Waals surface area (Å²) in [6, 6.07) is 68.8. The van der Waals surface area contributed by atoms with Gasteiger partial charge in [0.2, 0.25) is 0 Å². The van der Waals surface area contributed by atoms with Gasteiger partial charge in [-0.1, -0.05) is 154 Å². The Morgan fingerprint density at radius 2 is 1.16 bits per heavy atom. The SMILES string of the molecule is Cc1cc2c(cc1N1c3cc4ccccc4cc3Bc3c(-c4c(Nc5ccc(-c6ccccc6)cc5)ccc5sc6cc7ccccc7cc6c45)cc4c(sc5ccccc54)c31)C(C)(C)CCC2(C)C. The molecule has 12 aromatic rings. The van der Waals surface area contributed by atoms with Crippen LogP contribution in [0.15, 0.2) is 182 Å². The van der Waals surface area contributed by atoms with E-state index in [1.165, 1.54) is 135 Å². The molecule has 0 saturated carbocycles. The number of anilines is 5. The molecule has 0 fully saturated rings. The van der Waals surface area contributed by atoms with Crippen LogP contribution in [0.25, 0.3) is 84.1 Å². The van der Waals surface area contributed by atoms with E-state index in [1.54, 1.807) is 0 Å². The van der Waals surface area contributed by atoms with Crippen LogP contribution in [0.2, 0.25) is 0 Å². The van der Waals surface area contributed by atoms with Crippen molar-refractivity contribution in [2.24, 2.45) is 0 Å². The number of nitrogens with one attached hydrogen (secondary N) is 1. The molecule has 1 aliphatic heterocycles. The second-order valence-corrected chi connectivity index (χ2v) is 23.4. The average molecular weight is 935 g/mol. The van der Waals surface area contributed by atoms with E-state index in [9.17, 15) is 0 Å². The molecule has 0 radical (unpaired) electrons. The molecule has 0 atom stereocenters. The summed E-state index contributed by atoms with van der Waals surface area (Å²) in [6.07, 6.45) is 2.35. The van der Waals surface area contributed by atoms with Crippen LogP contribution in [0.5, 0.6) is 0 Å². The van der Waals surface area contributed by atoms with E-state index in [2.05, 4.69) is 227 Å². The predicted octanol–water partition coefficient (Wildman–Crippen LogP) is 17.6. The summed E-state index contributed by atoms with van der Waals surface area (Å²) in [5.41, 5.74) is 18.2. The lowest BCUT2D eigenvalue weighted by Crippen LogP contribution is -2.41. The summed E-state index contributed by atoms with van der Waals surface area (Å²) in [4.78, 5) is 2.71. The molecule has 1 N–H and O–H groups in total. The Labute approximate surface area is 418 Å². The number of thiophene rings is 2. The number of hydrogen-bond donors (Lipinski definition) is 1. The molecule has 0 spiro atoms. The van der Waals surface area contributed by atoms with Crippen molar-refractivity contribution in [2.75, 3.05) is 10.2 Å². The van der Waals surface area contributed by atoms with Crippen LogP contribution in [0.4, 0.5) is 28.4 Å². The Kier molecular flexibility index (Phi) is 9.20. The summed E-state index contributed by atoms with van der Waals surface area (Å²) in [5, 5.41) is 14.4. The molecule has 3 heterocycles. The first-order valence-electron chi connectivity index (χ1n) is 24.8. The molecule has 0 bridgehead atoms. The highest BCUT2D eigenvalue weighted by molar-refractivity contribution is 7.27. The van der Waals surface area contributed by atoms with Gasteiger partial charge in [0.15, 0.2) is 7.28 Å². The smallest absolute Gasteiger partial charge is 0.198 e. The maximum atomic E-state index is 4.06. The van der Waals surface area contributed by atoms with Crippen LogP contribution in [0.3, 0.4) is 0 Å². The summed E-state index contributed by atoms with van der Waals surface area (Å²) in [5.74, 6) is 0. The number of aryl methyl sites for hydroxylation is 1. The molecular weight excluding hydrogens is 884 g/mol. The maximum Gasteiger partial charge on any atom is 0.198 e. The van der Waals surface area contributed by atoms with Crippen molar-refractivity contribution in [3.8, 4) is 22.3 Å². The van der Waals surface area contributed by atoms with Gasteiger partial charge in [-0.3, -0.25) is 0 Å². The second kappa shape index (κ2) is 15.4. The molecule has 0 saturated heterocycles. The van der Waals surface area contributed by atoms with E-state index in [1.807, 2.05) is 22.7 Å². The molecule has 2 aliphatic rings. The van der Waals surface area contributed by atoms with Gasteiger partial charge in [-0.05, 0) is 152 Å². The van der Waals surface area contributed by atoms with Crippen molar-refractivity contribution in [1.29, 1.82) is 0 Å². The van der Waals surface area contributed by atoms with Gasteiger partial charge in [0, 0.05) is 64.0 Å². The Hall–Kier alpha value is -7.18. The number of nitrogens with zero attached hydrogens (tertiary/aromatic N) is 1. The van der Waals surface area contributed by atoms with E-state index in [0.717, 1.165) is 25.1 Å². The van der Waals surface area contributed by atoms with E-state index in [0.29, 0.717) is 0 Å². The van der Waals surface area contributed by atoms with Gasteiger partial charge in [-0.25, -0.2) is 0 Å². The first-order chi connectivity index (χ1) is 34.1. The molecule has 0 unspecified atom stereocenters. The molecule has 14 rings (SSSR count). The fourth-order valence-corrected chi connectivity index (χ4v) is 14.5. The largest absolute Gasteiger partial charge is 0.355 e. The van der Waals surface area contributed by atoms with Crippen molar-refractivity contribution in [3.63, 3.8) is 0 Å². The van der Waals surface area contributed by atoms with Crippen LogP contribution in [0.1, 0.15) is 57.2 Å². The van der Waals surface area contributed by atoms with Crippen LogP contribution in [-0.4, -0.2) is 7.28 Å². The van der Waals surface area contributed by atoms with Crippen molar-refractivity contribution in [1.82, 2.24) is 0 Å². The summed E-state index contributed by atoms with van der Waals surface area (Å²) >= 11 is 3.86. The highest BCUT2D eigenvalue weighted by Gasteiger charge is 2.40. The van der Waals surface area contributed by atoms with Gasteiger partial charge in [0.1, 0.15) is 0 Å². The van der Waals surface area contributed by atoms with Gasteiger partial charge in [0.25, 0.3) is 0 Å². The number of benzene rings is 10. The van der Waals surface area contributed by atoms with Gasteiger partial charge in [0.05, 0.1) is 10.4 Å². The Morgan fingerprint density at radius 1 is 0.514 bits per heavy atom. The lowest BCUT2D eigenvalue weighted by molar-refractivity contribution is 0.332. The third kappa shape index (κ3) is 6.44. The Morgan fingerprint density at radius 3 is 1.91 bits per heavy atom. The fraction of sp³-hybridized carbons (Fsp3) is 0.138. The number of hydrogen-bond acceptors (Lipinski definition) is 4. The molecule has 70 heavy (non-hydrogen) atoms. The molecular formula is C65H51BN2S2. The lowest BCUT2D eigenvalue weighted by atomic mass is 9.57. The highest BCUT2D eigenvalue weighted by Crippen LogP contribution is 2.54. The predicted molar refractivity (Wildman–Crippen MR) is 309 cm³/mol. The quantitative estimate of drug-likeness (QED) is 0.173. The molecule has 0 amide bonds. The minimum atomic E-state index is 0.0482. The molecule has 5 heteroatoms. The van der Waals surface area contributed by atoms with Crippen molar-refractivity contribution in [2.45, 2.75) is 58.3 Å². The topological polar surface area (TPSA) is 15.3 Å². The van der Waals surface area contributed by atoms with Gasteiger partial charge < -0.3 is 10.2 Å².